The van der Waals surface area contributed by atoms with Crippen LogP contribution in [0.2, 0.25) is 5.15 Å². The molecule has 0 saturated heterocycles. The zero-order valence-electron chi connectivity index (χ0n) is 14.8. The largest absolute Gasteiger partial charge is 0.494 e. The predicted octanol–water partition coefficient (Wildman–Crippen LogP) is 4.08. The van der Waals surface area contributed by atoms with Gasteiger partial charge in [-0.2, -0.15) is 11.8 Å². The van der Waals surface area contributed by atoms with E-state index in [0.717, 1.165) is 16.5 Å². The molecule has 0 radical (unpaired) electrons. The average molecular weight is 422 g/mol. The van der Waals surface area contributed by atoms with Crippen LogP contribution >= 0.6 is 34.7 Å². The number of nitrogens with one attached hydrogen (secondary N) is 1. The van der Waals surface area contributed by atoms with Crippen LogP contribution in [0.5, 0.6) is 5.75 Å². The standard InChI is InChI=1S/C17H16ClN5O2S2/c1-9-4-10(11-5-14(18)20-7-13(11)25-2)12(6-19-9)16(24)21-17-23-22-15(27-17)8-26-3/h4-7H,8H2,1-3H3,(H,21,23,24). The number of nitrogens with zero attached hydrogens (tertiary/aromatic N) is 4. The summed E-state index contributed by atoms with van der Waals surface area (Å²) in [7, 11) is 1.54. The molecule has 0 unspecified atom stereocenters. The first kappa shape index (κ1) is 19.5. The molecule has 0 aliphatic heterocycles. The summed E-state index contributed by atoms with van der Waals surface area (Å²) in [5, 5.41) is 12.5. The van der Waals surface area contributed by atoms with Crippen molar-refractivity contribution >= 4 is 45.7 Å². The molecule has 0 aliphatic rings. The lowest BCUT2D eigenvalue weighted by molar-refractivity contribution is 0.102. The summed E-state index contributed by atoms with van der Waals surface area (Å²) < 4.78 is 5.38. The van der Waals surface area contributed by atoms with Gasteiger partial charge in [0.15, 0.2) is 0 Å². The smallest absolute Gasteiger partial charge is 0.259 e. The molecule has 0 spiro atoms. The van der Waals surface area contributed by atoms with E-state index in [4.69, 9.17) is 16.3 Å². The monoisotopic (exact) mass is 421 g/mol. The zero-order valence-corrected chi connectivity index (χ0v) is 17.2. The van der Waals surface area contributed by atoms with E-state index < -0.39 is 0 Å². The van der Waals surface area contributed by atoms with Crippen LogP contribution in [0, 0.1) is 6.92 Å². The van der Waals surface area contributed by atoms with Gasteiger partial charge in [0, 0.05) is 28.8 Å². The van der Waals surface area contributed by atoms with Crippen LogP contribution in [0.15, 0.2) is 24.5 Å². The summed E-state index contributed by atoms with van der Waals surface area (Å²) in [4.78, 5) is 21.1. The van der Waals surface area contributed by atoms with Crippen LogP contribution in [-0.2, 0) is 5.75 Å². The first-order chi connectivity index (χ1) is 13.0. The minimum absolute atomic E-state index is 0.303. The molecule has 3 heterocycles. The highest BCUT2D eigenvalue weighted by atomic mass is 35.5. The number of aromatic nitrogens is 4. The van der Waals surface area contributed by atoms with Crippen molar-refractivity contribution in [1.29, 1.82) is 0 Å². The lowest BCUT2D eigenvalue weighted by atomic mass is 10.0. The first-order valence-electron chi connectivity index (χ1n) is 7.81. The SMILES string of the molecule is COc1cnc(Cl)cc1-c1cc(C)ncc1C(=O)Nc1nnc(CSC)s1. The maximum atomic E-state index is 12.9. The van der Waals surface area contributed by atoms with E-state index in [1.54, 1.807) is 17.8 Å². The summed E-state index contributed by atoms with van der Waals surface area (Å²) in [5.74, 6) is 0.925. The second kappa shape index (κ2) is 8.64. The molecular formula is C17H16ClN5O2S2. The number of halogens is 1. The maximum Gasteiger partial charge on any atom is 0.259 e. The highest BCUT2D eigenvalue weighted by Crippen LogP contribution is 2.34. The number of aryl methyl sites for hydroxylation is 1. The normalized spacial score (nSPS) is 10.7. The number of anilines is 1. The van der Waals surface area contributed by atoms with E-state index in [9.17, 15) is 4.79 Å². The number of thioether (sulfide) groups is 1. The Bertz CT molecular complexity index is 980. The van der Waals surface area contributed by atoms with E-state index in [1.165, 1.54) is 30.8 Å². The van der Waals surface area contributed by atoms with Crippen molar-refractivity contribution in [2.45, 2.75) is 12.7 Å². The van der Waals surface area contributed by atoms with Crippen molar-refractivity contribution in [3.05, 3.63) is 45.9 Å². The van der Waals surface area contributed by atoms with E-state index in [2.05, 4.69) is 25.5 Å². The lowest BCUT2D eigenvalue weighted by Crippen LogP contribution is -2.14. The van der Waals surface area contributed by atoms with Crippen LogP contribution in [0.25, 0.3) is 11.1 Å². The second-order valence-corrected chi connectivity index (χ2v) is 7.78. The van der Waals surface area contributed by atoms with Crippen molar-refractivity contribution in [3.8, 4) is 16.9 Å². The van der Waals surface area contributed by atoms with E-state index in [0.29, 0.717) is 32.7 Å². The Hall–Kier alpha value is -2.23. The molecule has 1 N–H and O–H groups in total. The van der Waals surface area contributed by atoms with Gasteiger partial charge >= 0.3 is 0 Å². The van der Waals surface area contributed by atoms with Crippen molar-refractivity contribution in [2.24, 2.45) is 0 Å². The number of hydrogen-bond acceptors (Lipinski definition) is 8. The Morgan fingerprint density at radius 1 is 1.26 bits per heavy atom. The van der Waals surface area contributed by atoms with Crippen LogP contribution in [-0.4, -0.2) is 39.4 Å². The number of carbonyl (C=O) groups excluding carboxylic acids is 1. The van der Waals surface area contributed by atoms with Gasteiger partial charge in [0.25, 0.3) is 5.91 Å². The van der Waals surface area contributed by atoms with Crippen LogP contribution < -0.4 is 10.1 Å². The highest BCUT2D eigenvalue weighted by molar-refractivity contribution is 7.97. The summed E-state index contributed by atoms with van der Waals surface area (Å²) in [6.07, 6.45) is 5.03. The lowest BCUT2D eigenvalue weighted by Gasteiger charge is -2.13. The molecule has 1 amide bonds. The van der Waals surface area contributed by atoms with E-state index in [-0.39, 0.29) is 5.91 Å². The number of ether oxygens (including phenoxy) is 1. The van der Waals surface area contributed by atoms with Gasteiger partial charge in [-0.3, -0.25) is 15.1 Å². The van der Waals surface area contributed by atoms with E-state index in [1.807, 2.05) is 19.2 Å². The molecule has 0 atom stereocenters. The third-order valence-corrected chi connectivity index (χ3v) is 5.37. The molecule has 10 heteroatoms. The molecule has 3 aromatic heterocycles. The minimum atomic E-state index is -0.334. The van der Waals surface area contributed by atoms with Gasteiger partial charge in [0.05, 0.1) is 18.9 Å². The maximum absolute atomic E-state index is 12.9. The zero-order chi connectivity index (χ0) is 19.4. The molecular weight excluding hydrogens is 406 g/mol. The van der Waals surface area contributed by atoms with Gasteiger partial charge < -0.3 is 4.74 Å². The number of methoxy groups -OCH3 is 1. The topological polar surface area (TPSA) is 89.9 Å². The molecule has 0 aromatic carbocycles. The molecule has 27 heavy (non-hydrogen) atoms. The Morgan fingerprint density at radius 2 is 2.07 bits per heavy atom. The van der Waals surface area contributed by atoms with Gasteiger partial charge in [-0.25, -0.2) is 4.98 Å². The predicted molar refractivity (Wildman–Crippen MR) is 109 cm³/mol. The van der Waals surface area contributed by atoms with Gasteiger partial charge in [0.2, 0.25) is 5.13 Å². The number of hydrogen-bond donors (Lipinski definition) is 1. The first-order valence-corrected chi connectivity index (χ1v) is 10.4. The summed E-state index contributed by atoms with van der Waals surface area (Å²) in [5.41, 5.74) is 2.45. The van der Waals surface area contributed by atoms with Crippen molar-refractivity contribution in [3.63, 3.8) is 0 Å². The molecule has 3 rings (SSSR count). The molecule has 0 saturated carbocycles. The minimum Gasteiger partial charge on any atom is -0.494 e. The molecule has 140 valence electrons. The number of rotatable bonds is 6. The summed E-state index contributed by atoms with van der Waals surface area (Å²) >= 11 is 9.04. The molecule has 0 fully saturated rings. The summed E-state index contributed by atoms with van der Waals surface area (Å²) in [6, 6.07) is 3.47. The Kier molecular flexibility index (Phi) is 6.25. The van der Waals surface area contributed by atoms with Crippen molar-refractivity contribution in [2.75, 3.05) is 18.7 Å². The highest BCUT2D eigenvalue weighted by Gasteiger charge is 2.19. The van der Waals surface area contributed by atoms with Crippen LogP contribution in [0.1, 0.15) is 21.1 Å². The Labute approximate surface area is 169 Å². The molecule has 0 bridgehead atoms. The number of carbonyl (C=O) groups is 1. The Morgan fingerprint density at radius 3 is 2.81 bits per heavy atom. The van der Waals surface area contributed by atoms with Crippen molar-refractivity contribution in [1.82, 2.24) is 20.2 Å². The second-order valence-electron chi connectivity index (χ2n) is 5.47. The fourth-order valence-electron chi connectivity index (χ4n) is 2.40. The Balaban J connectivity index is 1.99. The number of pyridine rings is 2. The fraction of sp³-hybridized carbons (Fsp3) is 0.235. The van der Waals surface area contributed by atoms with Crippen LogP contribution in [0.3, 0.4) is 0 Å². The summed E-state index contributed by atoms with van der Waals surface area (Å²) in [6.45, 7) is 1.85. The van der Waals surface area contributed by atoms with E-state index >= 15 is 0 Å². The molecule has 3 aromatic rings. The molecule has 7 nitrogen and oxygen atoms in total. The third kappa shape index (κ3) is 4.55. The molecule has 0 aliphatic carbocycles. The van der Waals surface area contributed by atoms with Gasteiger partial charge in [-0.1, -0.05) is 22.9 Å². The average Bonchev–Trinajstić information content (AvgIpc) is 3.08. The quantitative estimate of drug-likeness (QED) is 0.599. The third-order valence-electron chi connectivity index (χ3n) is 3.58. The van der Waals surface area contributed by atoms with Crippen molar-refractivity contribution < 1.29 is 9.53 Å². The van der Waals surface area contributed by atoms with Crippen LogP contribution in [0.4, 0.5) is 5.13 Å². The fourth-order valence-corrected chi connectivity index (χ4v) is 3.99. The van der Waals surface area contributed by atoms with Gasteiger partial charge in [-0.05, 0) is 25.3 Å². The number of amides is 1. The van der Waals surface area contributed by atoms with Gasteiger partial charge in [-0.15, -0.1) is 10.2 Å². The van der Waals surface area contributed by atoms with Gasteiger partial charge in [0.1, 0.15) is 15.9 Å².